The van der Waals surface area contributed by atoms with Crippen LogP contribution in [-0.2, 0) is 19.2 Å². The summed E-state index contributed by atoms with van der Waals surface area (Å²) in [7, 11) is 0. The van der Waals surface area contributed by atoms with E-state index < -0.39 is 36.2 Å². The molecule has 0 saturated carbocycles. The third-order valence-electron chi connectivity index (χ3n) is 6.39. The van der Waals surface area contributed by atoms with E-state index in [-0.39, 0.29) is 23.7 Å². The van der Waals surface area contributed by atoms with Crippen molar-refractivity contribution in [3.63, 3.8) is 0 Å². The highest BCUT2D eigenvalue weighted by molar-refractivity contribution is 6.18. The summed E-state index contributed by atoms with van der Waals surface area (Å²) in [5.74, 6) is -2.88. The second kappa shape index (κ2) is 21.8. The molecule has 3 amide bonds. The topological polar surface area (TPSA) is 180 Å². The second-order valence-electron chi connectivity index (χ2n) is 11.0. The van der Waals surface area contributed by atoms with Gasteiger partial charge in [0, 0.05) is 36.2 Å². The van der Waals surface area contributed by atoms with Gasteiger partial charge in [0.1, 0.15) is 12.1 Å². The van der Waals surface area contributed by atoms with E-state index in [1.165, 1.54) is 0 Å². The monoisotopic (exact) mass is 686 g/mol. The molecule has 0 heterocycles. The Hall–Kier alpha value is -2.81. The Labute approximate surface area is 272 Å². The van der Waals surface area contributed by atoms with E-state index in [1.807, 2.05) is 39.8 Å². The Kier molecular flexibility index (Phi) is 20.5. The second-order valence-corrected chi connectivity index (χ2v) is 11.8. The number of hydrogen-bond acceptors (Lipinski definition) is 7. The highest BCUT2D eigenvalue weighted by Crippen LogP contribution is 2.19. The number of carbonyl (C=O) groups is 4. The Morgan fingerprint density at radius 3 is 1.82 bits per heavy atom. The number of halogens is 5. The molecule has 0 aromatic heterocycles. The maximum atomic E-state index is 13.3. The zero-order valence-electron chi connectivity index (χ0n) is 26.1. The van der Waals surface area contributed by atoms with Gasteiger partial charge in [0.2, 0.25) is 17.7 Å². The molecule has 0 aliphatic rings. The van der Waals surface area contributed by atoms with Crippen molar-refractivity contribution in [2.75, 3.05) is 41.6 Å². The lowest BCUT2D eigenvalue weighted by atomic mass is 10.00. The summed E-state index contributed by atoms with van der Waals surface area (Å²) in [4.78, 5) is 50.0. The Morgan fingerprint density at radius 1 is 0.889 bits per heavy atom. The predicted molar refractivity (Wildman–Crippen MR) is 171 cm³/mol. The van der Waals surface area contributed by atoms with Crippen LogP contribution >= 0.6 is 23.2 Å². The molecule has 1 aromatic rings. The summed E-state index contributed by atoms with van der Waals surface area (Å²) in [6.07, 6.45) is -2.86. The van der Waals surface area contributed by atoms with E-state index in [1.54, 1.807) is 12.1 Å². The van der Waals surface area contributed by atoms with Gasteiger partial charge in [-0.05, 0) is 68.3 Å². The molecule has 3 atom stereocenters. The van der Waals surface area contributed by atoms with Crippen molar-refractivity contribution < 1.29 is 37.5 Å². The van der Waals surface area contributed by atoms with Crippen LogP contribution in [-0.4, -0.2) is 84.5 Å². The number of anilines is 2. The molecule has 1 aromatic carbocycles. The van der Waals surface area contributed by atoms with Crippen LogP contribution in [0.4, 0.5) is 24.5 Å². The van der Waals surface area contributed by atoms with Gasteiger partial charge in [-0.3, -0.25) is 14.4 Å². The van der Waals surface area contributed by atoms with Crippen molar-refractivity contribution >= 4 is 58.3 Å². The smallest absolute Gasteiger partial charge is 0.475 e. The van der Waals surface area contributed by atoms with Crippen molar-refractivity contribution in [1.29, 1.82) is 0 Å². The van der Waals surface area contributed by atoms with E-state index >= 15 is 0 Å². The van der Waals surface area contributed by atoms with Gasteiger partial charge in [0.15, 0.2) is 0 Å². The van der Waals surface area contributed by atoms with Gasteiger partial charge in [-0.1, -0.05) is 27.7 Å². The molecule has 3 unspecified atom stereocenters. The summed E-state index contributed by atoms with van der Waals surface area (Å²) < 4.78 is 31.7. The van der Waals surface area contributed by atoms with Crippen LogP contribution in [0.1, 0.15) is 53.4 Å². The molecule has 0 bridgehead atoms. The lowest BCUT2D eigenvalue weighted by Gasteiger charge is -2.26. The third kappa shape index (κ3) is 17.5. The van der Waals surface area contributed by atoms with Crippen LogP contribution in [0.5, 0.6) is 0 Å². The van der Waals surface area contributed by atoms with Crippen LogP contribution in [0.2, 0.25) is 0 Å². The van der Waals surface area contributed by atoms with Crippen molar-refractivity contribution in [1.82, 2.24) is 10.6 Å². The number of carboxylic acid groups (broad SMARTS) is 1. The van der Waals surface area contributed by atoms with E-state index in [2.05, 4.69) is 20.9 Å². The van der Waals surface area contributed by atoms with Gasteiger partial charge in [0.05, 0.1) is 6.04 Å². The first-order valence-corrected chi connectivity index (χ1v) is 15.7. The maximum Gasteiger partial charge on any atom is 0.490 e. The highest BCUT2D eigenvalue weighted by atomic mass is 35.5. The number of carbonyl (C=O) groups excluding carboxylic acids is 3. The lowest BCUT2D eigenvalue weighted by molar-refractivity contribution is -0.192. The normalized spacial score (nSPS) is 13.3. The highest BCUT2D eigenvalue weighted by Gasteiger charge is 2.38. The van der Waals surface area contributed by atoms with Crippen molar-refractivity contribution in [2.45, 2.75) is 77.7 Å². The fourth-order valence-electron chi connectivity index (χ4n) is 3.87. The average molecular weight is 688 g/mol. The minimum absolute atomic E-state index is 0.0733. The van der Waals surface area contributed by atoms with Crippen LogP contribution < -0.4 is 32.3 Å². The Morgan fingerprint density at radius 2 is 1.40 bits per heavy atom. The van der Waals surface area contributed by atoms with Crippen molar-refractivity contribution in [3.8, 4) is 0 Å². The first-order valence-electron chi connectivity index (χ1n) is 14.6. The summed E-state index contributed by atoms with van der Waals surface area (Å²) in [5, 5.41) is 15.7. The summed E-state index contributed by atoms with van der Waals surface area (Å²) >= 11 is 11.8. The number of amides is 3. The Bertz CT molecular complexity index is 1040. The number of carboxylic acids is 1. The lowest BCUT2D eigenvalue weighted by Crippen LogP contribution is -2.56. The van der Waals surface area contributed by atoms with E-state index in [0.717, 1.165) is 12.1 Å². The first kappa shape index (κ1) is 42.2. The molecule has 45 heavy (non-hydrogen) atoms. The molecule has 1 rings (SSSR count). The quantitative estimate of drug-likeness (QED) is 0.1000. The molecule has 0 saturated heterocycles. The first-order chi connectivity index (χ1) is 21.0. The van der Waals surface area contributed by atoms with E-state index in [9.17, 15) is 27.6 Å². The summed E-state index contributed by atoms with van der Waals surface area (Å²) in [5.41, 5.74) is 13.2. The molecule has 16 heteroatoms. The number of benzene rings is 1. The van der Waals surface area contributed by atoms with Gasteiger partial charge in [-0.25, -0.2) is 4.79 Å². The number of nitrogens with one attached hydrogen (secondary N) is 3. The minimum atomic E-state index is -5.08. The number of hydrogen-bond donors (Lipinski definition) is 6. The van der Waals surface area contributed by atoms with Crippen LogP contribution in [0, 0.1) is 11.8 Å². The standard InChI is InChI=1S/C27H46Cl2N6O3.C2HF3O2/c1-18(2)17-23(34-27(38)24(31)19(3)4)26(37)33-22(7-5-6-14-30)25(36)32-20-8-10-21(11-9-20)35(15-12-28)16-13-29;3-2(4,5)1(6)7/h8-11,18-19,22-24H,5-7,12-17,30-31H2,1-4H3,(H,32,36)(H,33,37)(H,34,38);(H,6,7). The molecule has 11 nitrogen and oxygen atoms in total. The van der Waals surface area contributed by atoms with Crippen LogP contribution in [0.3, 0.4) is 0 Å². The van der Waals surface area contributed by atoms with Crippen molar-refractivity contribution in [2.24, 2.45) is 23.3 Å². The fourth-order valence-corrected chi connectivity index (χ4v) is 4.27. The molecule has 258 valence electrons. The maximum absolute atomic E-state index is 13.3. The molecule has 8 N–H and O–H groups in total. The third-order valence-corrected chi connectivity index (χ3v) is 6.73. The zero-order chi connectivity index (χ0) is 34.7. The molecular weight excluding hydrogens is 640 g/mol. The number of nitrogens with zero attached hydrogens (tertiary/aromatic N) is 1. The van der Waals surface area contributed by atoms with Gasteiger partial charge >= 0.3 is 12.1 Å². The number of rotatable bonds is 18. The largest absolute Gasteiger partial charge is 0.490 e. The number of unbranched alkanes of at least 4 members (excludes halogenated alkanes) is 1. The van der Waals surface area contributed by atoms with Crippen molar-refractivity contribution in [3.05, 3.63) is 24.3 Å². The number of aliphatic carboxylic acids is 1. The van der Waals surface area contributed by atoms with Crippen LogP contribution in [0.25, 0.3) is 0 Å². The fraction of sp³-hybridized carbons (Fsp3) is 0.655. The average Bonchev–Trinajstić information content (AvgIpc) is 2.95. The summed E-state index contributed by atoms with van der Waals surface area (Å²) in [6, 6.07) is 5.07. The molecular formula is C29H47Cl2F3N6O5. The molecule has 0 aliphatic carbocycles. The summed E-state index contributed by atoms with van der Waals surface area (Å²) in [6.45, 7) is 9.43. The van der Waals surface area contributed by atoms with E-state index in [4.69, 9.17) is 44.6 Å². The number of nitrogens with two attached hydrogens (primary N) is 2. The van der Waals surface area contributed by atoms with E-state index in [0.29, 0.717) is 56.3 Å². The Balaban J connectivity index is 0.00000246. The molecule has 0 spiro atoms. The van der Waals surface area contributed by atoms with Crippen LogP contribution in [0.15, 0.2) is 24.3 Å². The van der Waals surface area contributed by atoms with Gasteiger partial charge < -0.3 is 37.4 Å². The number of alkyl halides is 5. The molecule has 0 aliphatic heterocycles. The predicted octanol–water partition coefficient (Wildman–Crippen LogP) is 3.67. The molecule has 0 radical (unpaired) electrons. The van der Waals surface area contributed by atoms with Gasteiger partial charge in [-0.2, -0.15) is 13.2 Å². The SMILES string of the molecule is CC(C)CC(NC(=O)C(N)C(C)C)C(=O)NC(CCCCN)C(=O)Nc1ccc(N(CCCl)CCCl)cc1.O=C(O)C(F)(F)F. The van der Waals surface area contributed by atoms with Gasteiger partial charge in [-0.15, -0.1) is 23.2 Å². The zero-order valence-corrected chi connectivity index (χ0v) is 27.6. The minimum Gasteiger partial charge on any atom is -0.475 e. The molecule has 0 fully saturated rings. The van der Waals surface area contributed by atoms with Gasteiger partial charge in [0.25, 0.3) is 0 Å².